The third-order valence-electron chi connectivity index (χ3n) is 2.00. The Balaban J connectivity index is 2.34. The van der Waals surface area contributed by atoms with E-state index in [2.05, 4.69) is 0 Å². The number of hydrogen-bond acceptors (Lipinski definition) is 6. The molecule has 0 unspecified atom stereocenters. The Morgan fingerprint density at radius 1 is 1.59 bits per heavy atom. The van der Waals surface area contributed by atoms with Crippen LogP contribution >= 0.6 is 34.4 Å². The fourth-order valence-electron chi connectivity index (χ4n) is 1.20. The van der Waals surface area contributed by atoms with E-state index in [1.54, 1.807) is 18.3 Å². The fourth-order valence-corrected chi connectivity index (χ4v) is 4.50. The van der Waals surface area contributed by atoms with Crippen molar-refractivity contribution < 1.29 is 10.0 Å². The van der Waals surface area contributed by atoms with Crippen molar-refractivity contribution in [3.8, 4) is 0 Å². The molecule has 0 radical (unpaired) electrons. The Bertz CT molecular complexity index is 519. The van der Waals surface area contributed by atoms with Crippen LogP contribution in [0.3, 0.4) is 0 Å². The van der Waals surface area contributed by atoms with Crippen LogP contribution in [-0.2, 0) is 0 Å². The van der Waals surface area contributed by atoms with Crippen molar-refractivity contribution in [1.29, 1.82) is 0 Å². The van der Waals surface area contributed by atoms with Gasteiger partial charge in [-0.15, -0.1) is 22.7 Å². The molecule has 2 aromatic heterocycles. The number of aliphatic hydroxyl groups excluding tert-OH is 1. The number of aliphatic hydroxyl groups is 1. The molecule has 4 nitrogen and oxygen atoms in total. The maximum Gasteiger partial charge on any atom is 0.294 e. The molecule has 0 aliphatic heterocycles. The first kappa shape index (κ1) is 12.6. The molecule has 90 valence electrons. The Morgan fingerprint density at radius 3 is 2.88 bits per heavy atom. The molecule has 0 amide bonds. The van der Waals surface area contributed by atoms with E-state index >= 15 is 0 Å². The predicted octanol–water partition coefficient (Wildman–Crippen LogP) is 3.92. The van der Waals surface area contributed by atoms with Gasteiger partial charge in [-0.2, -0.15) is 0 Å². The highest BCUT2D eigenvalue weighted by Crippen LogP contribution is 2.44. The van der Waals surface area contributed by atoms with Crippen LogP contribution in [-0.4, -0.2) is 10.0 Å². The molecule has 0 fully saturated rings. The van der Waals surface area contributed by atoms with E-state index < -0.39 is 11.0 Å². The maximum atomic E-state index is 10.9. The zero-order valence-corrected chi connectivity index (χ0v) is 11.3. The van der Waals surface area contributed by atoms with E-state index in [1.165, 1.54) is 29.2 Å². The Hall–Kier alpha value is -0.890. The van der Waals surface area contributed by atoms with E-state index in [0.29, 0.717) is 9.09 Å². The number of nitro groups is 1. The van der Waals surface area contributed by atoms with E-state index in [4.69, 9.17) is 0 Å². The summed E-state index contributed by atoms with van der Waals surface area (Å²) in [6.07, 6.45) is -0.670. The van der Waals surface area contributed by atoms with Gasteiger partial charge >= 0.3 is 0 Å². The van der Waals surface area contributed by atoms with Gasteiger partial charge in [0, 0.05) is 10.9 Å². The summed E-state index contributed by atoms with van der Waals surface area (Å²) < 4.78 is 1.63. The smallest absolute Gasteiger partial charge is 0.294 e. The van der Waals surface area contributed by atoms with Crippen molar-refractivity contribution in [2.75, 3.05) is 0 Å². The predicted molar refractivity (Wildman–Crippen MR) is 70.0 cm³/mol. The molecule has 0 bridgehead atoms. The molecule has 0 aliphatic rings. The zero-order valence-electron chi connectivity index (χ0n) is 8.82. The highest BCUT2D eigenvalue weighted by molar-refractivity contribution is 8.03. The number of hydrogen-bond donors (Lipinski definition) is 1. The first-order valence-electron chi connectivity index (χ1n) is 4.75. The molecule has 2 rings (SSSR count). The zero-order chi connectivity index (χ0) is 12.4. The topological polar surface area (TPSA) is 63.4 Å². The summed E-state index contributed by atoms with van der Waals surface area (Å²) >= 11 is 4.18. The molecule has 17 heavy (non-hydrogen) atoms. The van der Waals surface area contributed by atoms with Gasteiger partial charge in [-0.05, 0) is 18.4 Å². The van der Waals surface area contributed by atoms with E-state index in [-0.39, 0.29) is 5.69 Å². The molecule has 2 aromatic rings. The molecular weight excluding hydrogens is 278 g/mol. The van der Waals surface area contributed by atoms with Crippen molar-refractivity contribution in [2.45, 2.75) is 21.4 Å². The summed E-state index contributed by atoms with van der Waals surface area (Å²) in [6, 6.07) is 5.27. The second-order valence-corrected chi connectivity index (χ2v) is 6.89. The SMILES string of the molecule is C[C@@H](O)c1cc([N+](=O)[O-])c(Sc2cccs2)s1. The van der Waals surface area contributed by atoms with Gasteiger partial charge in [0.2, 0.25) is 0 Å². The molecule has 0 spiro atoms. The van der Waals surface area contributed by atoms with Crippen LogP contribution in [0, 0.1) is 10.1 Å². The molecule has 1 atom stereocenters. The quantitative estimate of drug-likeness (QED) is 0.683. The van der Waals surface area contributed by atoms with Crippen molar-refractivity contribution in [2.24, 2.45) is 0 Å². The number of thiophene rings is 2. The van der Waals surface area contributed by atoms with Crippen LogP contribution in [0.25, 0.3) is 0 Å². The highest BCUT2D eigenvalue weighted by Gasteiger charge is 2.21. The lowest BCUT2D eigenvalue weighted by Gasteiger charge is -1.96. The van der Waals surface area contributed by atoms with Crippen molar-refractivity contribution >= 4 is 40.1 Å². The van der Waals surface area contributed by atoms with Crippen LogP contribution in [0.4, 0.5) is 5.69 Å². The molecule has 1 N–H and O–H groups in total. The minimum atomic E-state index is -0.670. The third-order valence-corrected chi connectivity index (χ3v) is 5.52. The maximum absolute atomic E-state index is 10.9. The monoisotopic (exact) mass is 287 g/mol. The summed E-state index contributed by atoms with van der Waals surface area (Å²) in [6.45, 7) is 1.61. The van der Waals surface area contributed by atoms with Crippen LogP contribution in [0.1, 0.15) is 17.9 Å². The van der Waals surface area contributed by atoms with E-state index in [0.717, 1.165) is 4.21 Å². The molecule has 0 aromatic carbocycles. The standard InChI is InChI=1S/C10H9NO3S3/c1-6(12)8-5-7(11(13)14)10(16-8)17-9-3-2-4-15-9/h2-6,12H,1H3/t6-/m1/s1. The molecule has 7 heteroatoms. The minimum absolute atomic E-state index is 0.0734. The summed E-state index contributed by atoms with van der Waals surface area (Å²) in [5.41, 5.74) is 0.0734. The average molecular weight is 287 g/mol. The normalized spacial score (nSPS) is 12.6. The molecule has 0 aliphatic carbocycles. The minimum Gasteiger partial charge on any atom is -0.388 e. The fraction of sp³-hybridized carbons (Fsp3) is 0.200. The van der Waals surface area contributed by atoms with Gasteiger partial charge in [-0.3, -0.25) is 10.1 Å². The molecule has 0 saturated heterocycles. The van der Waals surface area contributed by atoms with Crippen molar-refractivity contribution in [3.63, 3.8) is 0 Å². The summed E-state index contributed by atoms with van der Waals surface area (Å²) in [5.74, 6) is 0. The molecular formula is C10H9NO3S3. The van der Waals surface area contributed by atoms with E-state index in [9.17, 15) is 15.2 Å². The summed E-state index contributed by atoms with van der Waals surface area (Å²) in [7, 11) is 0. The van der Waals surface area contributed by atoms with Gasteiger partial charge in [0.1, 0.15) is 4.21 Å². The van der Waals surface area contributed by atoms with Crippen LogP contribution < -0.4 is 0 Å². The third kappa shape index (κ3) is 2.86. The average Bonchev–Trinajstić information content (AvgIpc) is 2.87. The lowest BCUT2D eigenvalue weighted by atomic mass is 10.3. The second-order valence-electron chi connectivity index (χ2n) is 3.29. The molecule has 2 heterocycles. The van der Waals surface area contributed by atoms with Crippen LogP contribution in [0.2, 0.25) is 0 Å². The lowest BCUT2D eigenvalue weighted by molar-refractivity contribution is -0.387. The largest absolute Gasteiger partial charge is 0.388 e. The van der Waals surface area contributed by atoms with E-state index in [1.807, 2.05) is 17.5 Å². The molecule has 0 saturated carbocycles. The van der Waals surface area contributed by atoms with Crippen molar-refractivity contribution in [3.05, 3.63) is 38.6 Å². The number of rotatable bonds is 4. The van der Waals surface area contributed by atoms with Crippen LogP contribution in [0.15, 0.2) is 32.0 Å². The summed E-state index contributed by atoms with van der Waals surface area (Å²) in [5, 5.41) is 22.3. The first-order chi connectivity index (χ1) is 8.08. The van der Waals surface area contributed by atoms with Gasteiger partial charge in [-0.1, -0.05) is 17.8 Å². The van der Waals surface area contributed by atoms with Crippen LogP contribution in [0.5, 0.6) is 0 Å². The van der Waals surface area contributed by atoms with Gasteiger partial charge in [0.05, 0.1) is 15.2 Å². The Labute approximate surface area is 110 Å². The highest BCUT2D eigenvalue weighted by atomic mass is 32.2. The Kier molecular flexibility index (Phi) is 3.82. The van der Waals surface area contributed by atoms with Gasteiger partial charge < -0.3 is 5.11 Å². The van der Waals surface area contributed by atoms with Gasteiger partial charge in [0.25, 0.3) is 5.69 Å². The first-order valence-corrected chi connectivity index (χ1v) is 7.26. The second kappa shape index (κ2) is 5.18. The Morgan fingerprint density at radius 2 is 2.35 bits per heavy atom. The van der Waals surface area contributed by atoms with Crippen molar-refractivity contribution in [1.82, 2.24) is 0 Å². The number of nitrogens with zero attached hydrogens (tertiary/aromatic N) is 1. The lowest BCUT2D eigenvalue weighted by Crippen LogP contribution is -1.87. The van der Waals surface area contributed by atoms with Gasteiger partial charge in [0.15, 0.2) is 0 Å². The summed E-state index contributed by atoms with van der Waals surface area (Å²) in [4.78, 5) is 11.1. The van der Waals surface area contributed by atoms with Gasteiger partial charge in [-0.25, -0.2) is 0 Å².